The van der Waals surface area contributed by atoms with E-state index in [1.165, 1.54) is 12.1 Å². The third kappa shape index (κ3) is 3.03. The second kappa shape index (κ2) is 6.47. The molecular weight excluding hydrogens is 321 g/mol. The molecule has 1 fully saturated rings. The molecule has 1 atom stereocenters. The van der Waals surface area contributed by atoms with Crippen LogP contribution in [0.4, 0.5) is 4.39 Å². The van der Waals surface area contributed by atoms with Gasteiger partial charge in [0.1, 0.15) is 5.82 Å². The van der Waals surface area contributed by atoms with Gasteiger partial charge in [0.15, 0.2) is 5.82 Å². The van der Waals surface area contributed by atoms with Gasteiger partial charge in [-0.15, -0.1) is 0 Å². The standard InChI is InChI=1S/C19H16FN3O2/c20-16-9-5-4-8-15(16)19(24)23-11-10-14(12-23)17-21-18(25-22-17)13-6-2-1-3-7-13/h1-9,14H,10-12H2. The van der Waals surface area contributed by atoms with E-state index in [9.17, 15) is 9.18 Å². The Hall–Kier alpha value is -3.02. The van der Waals surface area contributed by atoms with Gasteiger partial charge >= 0.3 is 0 Å². The SMILES string of the molecule is O=C(c1ccccc1F)N1CCC(c2noc(-c3ccccc3)n2)C1. The van der Waals surface area contributed by atoms with Gasteiger partial charge in [0.25, 0.3) is 11.8 Å². The fourth-order valence-electron chi connectivity index (χ4n) is 3.06. The van der Waals surface area contributed by atoms with E-state index in [0.29, 0.717) is 24.8 Å². The lowest BCUT2D eigenvalue weighted by molar-refractivity contribution is 0.0785. The van der Waals surface area contributed by atoms with Gasteiger partial charge in [-0.3, -0.25) is 4.79 Å². The summed E-state index contributed by atoms with van der Waals surface area (Å²) in [5.41, 5.74) is 0.958. The van der Waals surface area contributed by atoms with Crippen LogP contribution in [0.3, 0.4) is 0 Å². The van der Waals surface area contributed by atoms with Crippen molar-refractivity contribution in [2.24, 2.45) is 0 Å². The fraction of sp³-hybridized carbons (Fsp3) is 0.211. The number of hydrogen-bond acceptors (Lipinski definition) is 4. The Morgan fingerprint density at radius 1 is 1.12 bits per heavy atom. The van der Waals surface area contributed by atoms with Crippen LogP contribution in [-0.4, -0.2) is 34.0 Å². The number of halogens is 1. The highest BCUT2D eigenvalue weighted by Gasteiger charge is 2.31. The molecule has 5 nitrogen and oxygen atoms in total. The molecule has 1 saturated heterocycles. The molecule has 0 spiro atoms. The number of nitrogens with zero attached hydrogens (tertiary/aromatic N) is 3. The molecule has 4 rings (SSSR count). The Bertz CT molecular complexity index is 894. The van der Waals surface area contributed by atoms with Crippen molar-refractivity contribution < 1.29 is 13.7 Å². The molecule has 6 heteroatoms. The van der Waals surface area contributed by atoms with E-state index in [-0.39, 0.29) is 17.4 Å². The van der Waals surface area contributed by atoms with Crippen LogP contribution in [0.25, 0.3) is 11.5 Å². The van der Waals surface area contributed by atoms with Crippen molar-refractivity contribution in [3.05, 3.63) is 71.8 Å². The van der Waals surface area contributed by atoms with Crippen molar-refractivity contribution in [1.82, 2.24) is 15.0 Å². The summed E-state index contributed by atoms with van der Waals surface area (Å²) >= 11 is 0. The Balaban J connectivity index is 1.49. The number of amides is 1. The monoisotopic (exact) mass is 337 g/mol. The van der Waals surface area contributed by atoms with Crippen LogP contribution in [0.1, 0.15) is 28.5 Å². The Morgan fingerprint density at radius 3 is 2.68 bits per heavy atom. The molecule has 2 heterocycles. The first-order chi connectivity index (χ1) is 12.2. The lowest BCUT2D eigenvalue weighted by Gasteiger charge is -2.16. The summed E-state index contributed by atoms with van der Waals surface area (Å²) in [7, 11) is 0. The van der Waals surface area contributed by atoms with Crippen LogP contribution in [0, 0.1) is 5.82 Å². The van der Waals surface area contributed by atoms with Crippen molar-refractivity contribution >= 4 is 5.91 Å². The summed E-state index contributed by atoms with van der Waals surface area (Å²) in [5.74, 6) is 0.253. The smallest absolute Gasteiger partial charge is 0.257 e. The molecule has 0 aliphatic carbocycles. The van der Waals surface area contributed by atoms with E-state index in [1.54, 1.807) is 17.0 Å². The highest BCUT2D eigenvalue weighted by Crippen LogP contribution is 2.28. The molecule has 1 aliphatic rings. The summed E-state index contributed by atoms with van der Waals surface area (Å²) in [4.78, 5) is 18.6. The quantitative estimate of drug-likeness (QED) is 0.734. The van der Waals surface area contributed by atoms with Crippen molar-refractivity contribution in [2.45, 2.75) is 12.3 Å². The normalized spacial score (nSPS) is 17.0. The second-order valence-electron chi connectivity index (χ2n) is 6.04. The second-order valence-corrected chi connectivity index (χ2v) is 6.04. The predicted octanol–water partition coefficient (Wildman–Crippen LogP) is 3.51. The van der Waals surface area contributed by atoms with Gasteiger partial charge in [-0.2, -0.15) is 4.98 Å². The van der Waals surface area contributed by atoms with Crippen molar-refractivity contribution in [1.29, 1.82) is 0 Å². The van der Waals surface area contributed by atoms with Crippen molar-refractivity contribution in [3.63, 3.8) is 0 Å². The molecule has 0 N–H and O–H groups in total. The maximum Gasteiger partial charge on any atom is 0.257 e. The third-order valence-corrected chi connectivity index (χ3v) is 4.41. The van der Waals surface area contributed by atoms with Gasteiger partial charge in [-0.1, -0.05) is 35.5 Å². The Morgan fingerprint density at radius 2 is 1.88 bits per heavy atom. The van der Waals surface area contributed by atoms with Crippen LogP contribution in [-0.2, 0) is 0 Å². The molecular formula is C19H16FN3O2. The molecule has 0 saturated carbocycles. The lowest BCUT2D eigenvalue weighted by Crippen LogP contribution is -2.29. The maximum absolute atomic E-state index is 13.8. The van der Waals surface area contributed by atoms with Crippen LogP contribution in [0.15, 0.2) is 59.1 Å². The van der Waals surface area contributed by atoms with Gasteiger partial charge in [0.2, 0.25) is 0 Å². The topological polar surface area (TPSA) is 59.2 Å². The predicted molar refractivity (Wildman–Crippen MR) is 89.4 cm³/mol. The zero-order valence-corrected chi connectivity index (χ0v) is 13.4. The zero-order chi connectivity index (χ0) is 17.2. The molecule has 1 unspecified atom stereocenters. The number of aromatic nitrogens is 2. The molecule has 1 amide bonds. The number of carbonyl (C=O) groups excluding carboxylic acids is 1. The average molecular weight is 337 g/mol. The number of likely N-dealkylation sites (tertiary alicyclic amines) is 1. The van der Waals surface area contributed by atoms with E-state index >= 15 is 0 Å². The summed E-state index contributed by atoms with van der Waals surface area (Å²) in [6.45, 7) is 1.01. The molecule has 3 aromatic rings. The lowest BCUT2D eigenvalue weighted by atomic mass is 10.1. The van der Waals surface area contributed by atoms with Crippen LogP contribution in [0.5, 0.6) is 0 Å². The minimum absolute atomic E-state index is 0.00284. The molecule has 126 valence electrons. The molecule has 25 heavy (non-hydrogen) atoms. The summed E-state index contributed by atoms with van der Waals surface area (Å²) in [6, 6.07) is 15.6. The minimum atomic E-state index is -0.498. The summed E-state index contributed by atoms with van der Waals surface area (Å²) < 4.78 is 19.2. The largest absolute Gasteiger partial charge is 0.338 e. The first-order valence-corrected chi connectivity index (χ1v) is 8.15. The van der Waals surface area contributed by atoms with Gasteiger partial charge < -0.3 is 9.42 Å². The van der Waals surface area contributed by atoms with E-state index in [1.807, 2.05) is 30.3 Å². The van der Waals surface area contributed by atoms with E-state index in [0.717, 1.165) is 12.0 Å². The van der Waals surface area contributed by atoms with Gasteiger partial charge in [0, 0.05) is 24.6 Å². The highest BCUT2D eigenvalue weighted by molar-refractivity contribution is 5.94. The summed E-state index contributed by atoms with van der Waals surface area (Å²) in [5, 5.41) is 4.06. The summed E-state index contributed by atoms with van der Waals surface area (Å²) in [6.07, 6.45) is 0.730. The van der Waals surface area contributed by atoms with Crippen LogP contribution in [0.2, 0.25) is 0 Å². The molecule has 0 radical (unpaired) electrons. The highest BCUT2D eigenvalue weighted by atomic mass is 19.1. The van der Waals surface area contributed by atoms with Crippen LogP contribution < -0.4 is 0 Å². The first kappa shape index (κ1) is 15.5. The number of benzene rings is 2. The van der Waals surface area contributed by atoms with E-state index in [4.69, 9.17) is 4.52 Å². The number of rotatable bonds is 3. The molecule has 2 aromatic carbocycles. The third-order valence-electron chi connectivity index (χ3n) is 4.41. The first-order valence-electron chi connectivity index (χ1n) is 8.15. The maximum atomic E-state index is 13.8. The molecule has 1 aromatic heterocycles. The zero-order valence-electron chi connectivity index (χ0n) is 13.4. The van der Waals surface area contributed by atoms with E-state index in [2.05, 4.69) is 10.1 Å². The number of carbonyl (C=O) groups is 1. The van der Waals surface area contributed by atoms with E-state index < -0.39 is 5.82 Å². The van der Waals surface area contributed by atoms with Crippen LogP contribution >= 0.6 is 0 Å². The molecule has 1 aliphatic heterocycles. The van der Waals surface area contributed by atoms with Crippen molar-refractivity contribution in [3.8, 4) is 11.5 Å². The Labute approximate surface area is 144 Å². The minimum Gasteiger partial charge on any atom is -0.338 e. The Kier molecular flexibility index (Phi) is 4.01. The molecule has 0 bridgehead atoms. The average Bonchev–Trinajstić information content (AvgIpc) is 3.32. The van der Waals surface area contributed by atoms with Gasteiger partial charge in [-0.05, 0) is 30.7 Å². The van der Waals surface area contributed by atoms with Gasteiger partial charge in [0.05, 0.1) is 5.56 Å². The van der Waals surface area contributed by atoms with Crippen molar-refractivity contribution in [2.75, 3.05) is 13.1 Å². The van der Waals surface area contributed by atoms with Gasteiger partial charge in [-0.25, -0.2) is 4.39 Å². The fourth-order valence-corrected chi connectivity index (χ4v) is 3.06. The number of hydrogen-bond donors (Lipinski definition) is 0.